The van der Waals surface area contributed by atoms with Gasteiger partial charge in [0.25, 0.3) is 0 Å². The molecule has 1 amide bonds. The van der Waals surface area contributed by atoms with Crippen molar-refractivity contribution in [3.8, 4) is 0 Å². The number of thiophene rings is 1. The molecule has 3 aromatic rings. The number of carbonyl (C=O) groups is 1. The first-order valence-corrected chi connectivity index (χ1v) is 12.8. The third-order valence-corrected chi connectivity index (χ3v) is 8.42. The molecular weight excluding hydrogens is 470 g/mol. The van der Waals surface area contributed by atoms with E-state index in [4.69, 9.17) is 16.1 Å². The summed E-state index contributed by atoms with van der Waals surface area (Å²) in [7, 11) is -3.80. The summed E-state index contributed by atoms with van der Waals surface area (Å²) in [6, 6.07) is 10.8. The molecule has 1 aliphatic rings. The summed E-state index contributed by atoms with van der Waals surface area (Å²) in [5.41, 5.74) is 0.941. The number of aryl methyl sites for hydroxylation is 1. The molecule has 1 aromatic carbocycles. The second-order valence-electron chi connectivity index (χ2n) is 7.49. The van der Waals surface area contributed by atoms with E-state index in [-0.39, 0.29) is 35.6 Å². The van der Waals surface area contributed by atoms with Gasteiger partial charge in [0.05, 0.1) is 0 Å². The van der Waals surface area contributed by atoms with Crippen molar-refractivity contribution in [1.82, 2.24) is 9.46 Å². The largest absolute Gasteiger partial charge is 0.355 e. The Morgan fingerprint density at radius 2 is 2.03 bits per heavy atom. The lowest BCUT2D eigenvalue weighted by Crippen LogP contribution is -2.41. The summed E-state index contributed by atoms with van der Waals surface area (Å²) < 4.78 is 33.4. The first-order valence-electron chi connectivity index (χ1n) is 10.1. The number of sulfonamides is 1. The van der Waals surface area contributed by atoms with Crippen LogP contribution in [0, 0.1) is 12.8 Å². The summed E-state index contributed by atoms with van der Waals surface area (Å²) in [6.07, 6.45) is 4.28. The molecule has 7 nitrogen and oxygen atoms in total. The molecule has 0 saturated carbocycles. The lowest BCUT2D eigenvalue weighted by Gasteiger charge is -2.30. The van der Waals surface area contributed by atoms with Crippen molar-refractivity contribution < 1.29 is 17.7 Å². The molecule has 0 atom stereocenters. The van der Waals surface area contributed by atoms with E-state index in [1.165, 1.54) is 4.31 Å². The summed E-state index contributed by atoms with van der Waals surface area (Å²) >= 11 is 7.51. The first kappa shape index (κ1) is 22.7. The van der Waals surface area contributed by atoms with Crippen LogP contribution in [0.2, 0.25) is 5.02 Å². The molecule has 4 rings (SSSR count). The van der Waals surface area contributed by atoms with Gasteiger partial charge in [0.1, 0.15) is 5.69 Å². The van der Waals surface area contributed by atoms with Gasteiger partial charge in [-0.25, -0.2) is 8.42 Å². The highest BCUT2D eigenvalue weighted by Gasteiger charge is 2.35. The quantitative estimate of drug-likeness (QED) is 0.529. The van der Waals surface area contributed by atoms with Gasteiger partial charge < -0.3 is 9.84 Å². The molecule has 0 aliphatic carbocycles. The minimum atomic E-state index is -3.80. The van der Waals surface area contributed by atoms with E-state index in [1.54, 1.807) is 54.7 Å². The number of hydrogen-bond donors (Lipinski definition) is 1. The van der Waals surface area contributed by atoms with Crippen molar-refractivity contribution in [3.05, 3.63) is 63.1 Å². The van der Waals surface area contributed by atoms with Crippen molar-refractivity contribution in [2.45, 2.75) is 24.7 Å². The van der Waals surface area contributed by atoms with E-state index < -0.39 is 10.0 Å². The standard InChI is InChI=1S/C22H22ClN3O4S2/c1-15-21(20(30-25-15)8-7-19-6-3-13-31-19)32(28,29)26-11-9-16(10-12-26)22(27)24-18-5-2-4-17(23)14-18/h2-8,13-14,16H,9-12H2,1H3,(H,24,27). The Bertz CT molecular complexity index is 1230. The van der Waals surface area contributed by atoms with Crippen LogP contribution in [-0.2, 0) is 14.8 Å². The number of amides is 1. The van der Waals surface area contributed by atoms with Crippen molar-refractivity contribution in [3.63, 3.8) is 0 Å². The van der Waals surface area contributed by atoms with E-state index in [1.807, 2.05) is 17.5 Å². The van der Waals surface area contributed by atoms with Crippen molar-refractivity contribution in [2.24, 2.45) is 5.92 Å². The molecule has 10 heteroatoms. The molecule has 0 radical (unpaired) electrons. The van der Waals surface area contributed by atoms with E-state index in [0.717, 1.165) is 4.88 Å². The average molecular weight is 492 g/mol. The molecule has 1 fully saturated rings. The molecule has 1 saturated heterocycles. The monoisotopic (exact) mass is 491 g/mol. The van der Waals surface area contributed by atoms with E-state index in [2.05, 4.69) is 10.5 Å². The third-order valence-electron chi connectivity index (χ3n) is 5.29. The van der Waals surface area contributed by atoms with Gasteiger partial charge >= 0.3 is 0 Å². The Kier molecular flexibility index (Phi) is 6.80. The van der Waals surface area contributed by atoms with E-state index in [9.17, 15) is 13.2 Å². The fraction of sp³-hybridized carbons (Fsp3) is 0.273. The molecular formula is C22H22ClN3O4S2. The lowest BCUT2D eigenvalue weighted by molar-refractivity contribution is -0.120. The molecule has 1 aliphatic heterocycles. The number of rotatable bonds is 6. The summed E-state index contributed by atoms with van der Waals surface area (Å²) in [4.78, 5) is 13.7. The molecule has 168 valence electrons. The predicted molar refractivity (Wildman–Crippen MR) is 126 cm³/mol. The zero-order chi connectivity index (χ0) is 22.7. The lowest BCUT2D eigenvalue weighted by atomic mass is 9.97. The molecule has 0 bridgehead atoms. The fourth-order valence-corrected chi connectivity index (χ4v) is 6.17. The zero-order valence-corrected chi connectivity index (χ0v) is 19.7. The van der Waals surface area contributed by atoms with Gasteiger partial charge in [-0.15, -0.1) is 11.3 Å². The Hall–Kier alpha value is -2.46. The van der Waals surface area contributed by atoms with Gasteiger partial charge in [0, 0.05) is 34.6 Å². The molecule has 1 N–H and O–H groups in total. The van der Waals surface area contributed by atoms with Gasteiger partial charge in [-0.05, 0) is 61.6 Å². The van der Waals surface area contributed by atoms with Crippen LogP contribution >= 0.6 is 22.9 Å². The highest BCUT2D eigenvalue weighted by Crippen LogP contribution is 2.30. The molecule has 0 unspecified atom stereocenters. The van der Waals surface area contributed by atoms with Crippen molar-refractivity contribution >= 4 is 56.7 Å². The van der Waals surface area contributed by atoms with Crippen LogP contribution in [-0.4, -0.2) is 36.9 Å². The van der Waals surface area contributed by atoms with Gasteiger partial charge in [0.15, 0.2) is 10.7 Å². The first-order chi connectivity index (χ1) is 15.3. The maximum absolute atomic E-state index is 13.3. The second kappa shape index (κ2) is 9.58. The maximum atomic E-state index is 13.3. The molecule has 0 spiro atoms. The normalized spacial score (nSPS) is 15.9. The topological polar surface area (TPSA) is 92.5 Å². The number of nitrogens with one attached hydrogen (secondary N) is 1. The maximum Gasteiger partial charge on any atom is 0.248 e. The zero-order valence-electron chi connectivity index (χ0n) is 17.3. The van der Waals surface area contributed by atoms with E-state index >= 15 is 0 Å². The molecule has 32 heavy (non-hydrogen) atoms. The average Bonchev–Trinajstić information content (AvgIpc) is 3.42. The third kappa shape index (κ3) is 4.96. The van der Waals surface area contributed by atoms with Gasteiger partial charge in [-0.1, -0.05) is 28.9 Å². The number of hydrogen-bond acceptors (Lipinski definition) is 6. The number of anilines is 1. The summed E-state index contributed by atoms with van der Waals surface area (Å²) in [5, 5.41) is 9.21. The minimum Gasteiger partial charge on any atom is -0.355 e. The highest BCUT2D eigenvalue weighted by molar-refractivity contribution is 7.89. The van der Waals surface area contributed by atoms with Gasteiger partial charge in [-0.3, -0.25) is 4.79 Å². The van der Waals surface area contributed by atoms with Crippen LogP contribution in [0.4, 0.5) is 5.69 Å². The number of nitrogens with zero attached hydrogens (tertiary/aromatic N) is 2. The van der Waals surface area contributed by atoms with Crippen LogP contribution in [0.5, 0.6) is 0 Å². The van der Waals surface area contributed by atoms with Crippen molar-refractivity contribution in [1.29, 1.82) is 0 Å². The summed E-state index contributed by atoms with van der Waals surface area (Å²) in [6.45, 7) is 2.10. The predicted octanol–water partition coefficient (Wildman–Crippen LogP) is 4.91. The number of carbonyl (C=O) groups excluding carboxylic acids is 1. The van der Waals surface area contributed by atoms with Crippen LogP contribution in [0.25, 0.3) is 12.2 Å². The smallest absolute Gasteiger partial charge is 0.248 e. The SMILES string of the molecule is Cc1noc(C=Cc2cccs2)c1S(=O)(=O)N1CCC(C(=O)Nc2cccc(Cl)c2)CC1. The van der Waals surface area contributed by atoms with Crippen LogP contribution in [0.1, 0.15) is 29.2 Å². The van der Waals surface area contributed by atoms with Crippen LogP contribution in [0.15, 0.2) is 51.2 Å². The number of halogens is 1. The van der Waals surface area contributed by atoms with Crippen LogP contribution in [0.3, 0.4) is 0 Å². The minimum absolute atomic E-state index is 0.0761. The van der Waals surface area contributed by atoms with Crippen LogP contribution < -0.4 is 5.32 Å². The number of piperidine rings is 1. The number of benzene rings is 1. The fourth-order valence-electron chi connectivity index (χ4n) is 3.64. The molecule has 2 aromatic heterocycles. The number of aromatic nitrogens is 1. The van der Waals surface area contributed by atoms with Crippen molar-refractivity contribution in [2.75, 3.05) is 18.4 Å². The Labute approximate surface area is 195 Å². The Balaban J connectivity index is 1.44. The summed E-state index contributed by atoms with van der Waals surface area (Å²) in [5.74, 6) is -0.205. The Morgan fingerprint density at radius 1 is 1.25 bits per heavy atom. The van der Waals surface area contributed by atoms with Gasteiger partial charge in [0.2, 0.25) is 15.9 Å². The van der Waals surface area contributed by atoms with Gasteiger partial charge in [-0.2, -0.15) is 4.31 Å². The molecule has 3 heterocycles. The highest BCUT2D eigenvalue weighted by atomic mass is 35.5. The van der Waals surface area contributed by atoms with E-state index in [0.29, 0.717) is 29.2 Å². The second-order valence-corrected chi connectivity index (χ2v) is 10.8. The Morgan fingerprint density at radius 3 is 2.72 bits per heavy atom.